The molecule has 1 heterocycles. The van der Waals surface area contributed by atoms with Crippen LogP contribution in [0, 0.1) is 6.92 Å². The number of anilines is 2. The van der Waals surface area contributed by atoms with Crippen LogP contribution in [0.15, 0.2) is 34.8 Å². The topological polar surface area (TPSA) is 66.9 Å². The number of rotatable bonds is 4. The van der Waals surface area contributed by atoms with Crippen LogP contribution in [0.1, 0.15) is 28.9 Å². The number of amides is 1. The van der Waals surface area contributed by atoms with Gasteiger partial charge in [0.2, 0.25) is 0 Å². The van der Waals surface area contributed by atoms with Crippen LogP contribution in [-0.2, 0) is 0 Å². The second-order valence-electron chi connectivity index (χ2n) is 5.14. The third-order valence-corrected chi connectivity index (χ3v) is 4.11. The van der Waals surface area contributed by atoms with Crippen LogP contribution in [0.3, 0.4) is 0 Å². The number of hydrogen-bond acceptors (Lipinski definition) is 4. The fraction of sp³-hybridized carbons (Fsp3) is 0.267. The molecule has 1 amide bonds. The van der Waals surface area contributed by atoms with Gasteiger partial charge in [-0.3, -0.25) is 4.79 Å². The Kier molecular flexibility index (Phi) is 3.88. The van der Waals surface area contributed by atoms with Crippen molar-refractivity contribution in [3.63, 3.8) is 0 Å². The number of carbonyl (C=O) groups is 1. The Morgan fingerprint density at radius 2 is 2.05 bits per heavy atom. The molecule has 1 aliphatic carbocycles. The molecule has 0 atom stereocenters. The van der Waals surface area contributed by atoms with Gasteiger partial charge in [0.25, 0.3) is 5.91 Å². The smallest absolute Gasteiger partial charge is 0.272 e. The van der Waals surface area contributed by atoms with Crippen LogP contribution < -0.4 is 10.6 Å². The molecule has 1 saturated carbocycles. The lowest BCUT2D eigenvalue weighted by Gasteiger charge is -2.07. The Labute approximate surface area is 131 Å². The van der Waals surface area contributed by atoms with Crippen molar-refractivity contribution in [3.05, 3.63) is 46.1 Å². The zero-order valence-corrected chi connectivity index (χ0v) is 13.1. The van der Waals surface area contributed by atoms with Crippen molar-refractivity contribution in [1.29, 1.82) is 0 Å². The molecule has 1 aromatic heterocycles. The minimum absolute atomic E-state index is 0.158. The maximum atomic E-state index is 11.8. The fourth-order valence-electron chi connectivity index (χ4n) is 1.83. The number of carbonyl (C=O) groups excluding carboxylic acids is 1. The van der Waals surface area contributed by atoms with Crippen molar-refractivity contribution in [2.24, 2.45) is 0 Å². The van der Waals surface area contributed by atoms with Gasteiger partial charge in [0, 0.05) is 16.2 Å². The molecule has 1 aromatic carbocycles. The van der Waals surface area contributed by atoms with Crippen LogP contribution in [-0.4, -0.2) is 22.1 Å². The highest BCUT2D eigenvalue weighted by Gasteiger charge is 2.24. The number of aryl methyl sites for hydroxylation is 1. The van der Waals surface area contributed by atoms with Gasteiger partial charge in [0.05, 0.1) is 0 Å². The van der Waals surface area contributed by atoms with E-state index in [1.807, 2.05) is 25.1 Å². The molecule has 3 rings (SSSR count). The lowest BCUT2D eigenvalue weighted by atomic mass is 10.2. The van der Waals surface area contributed by atoms with Gasteiger partial charge in [-0.25, -0.2) is 0 Å². The summed E-state index contributed by atoms with van der Waals surface area (Å²) in [6.45, 7) is 2.03. The van der Waals surface area contributed by atoms with Crippen molar-refractivity contribution in [2.75, 3.05) is 5.32 Å². The lowest BCUT2D eigenvalue weighted by molar-refractivity contribution is 0.0945. The minimum atomic E-state index is -0.158. The molecular formula is C15H15BrN4O. The van der Waals surface area contributed by atoms with Crippen LogP contribution in [0.2, 0.25) is 0 Å². The quantitative estimate of drug-likeness (QED) is 0.892. The largest absolute Gasteiger partial charge is 0.348 e. The third kappa shape index (κ3) is 3.58. The van der Waals surface area contributed by atoms with E-state index in [1.165, 1.54) is 5.56 Å². The lowest BCUT2D eigenvalue weighted by Crippen LogP contribution is -2.26. The summed E-state index contributed by atoms with van der Waals surface area (Å²) >= 11 is 3.49. The summed E-state index contributed by atoms with van der Waals surface area (Å²) in [6, 6.07) is 9.71. The Bertz CT molecular complexity index is 668. The van der Waals surface area contributed by atoms with Crippen molar-refractivity contribution in [3.8, 4) is 0 Å². The fourth-order valence-corrected chi connectivity index (χ4v) is 2.20. The molecule has 0 saturated heterocycles. The molecule has 0 bridgehead atoms. The van der Waals surface area contributed by atoms with Crippen molar-refractivity contribution < 1.29 is 4.79 Å². The Balaban J connectivity index is 1.68. The number of aromatic nitrogens is 2. The van der Waals surface area contributed by atoms with E-state index in [0.717, 1.165) is 23.0 Å². The van der Waals surface area contributed by atoms with Crippen LogP contribution in [0.5, 0.6) is 0 Å². The summed E-state index contributed by atoms with van der Waals surface area (Å²) in [4.78, 5) is 11.8. The SMILES string of the molecule is Cc1ccc(Nc2ccc(C(=O)NC3CC3)nn2)cc1Br. The van der Waals surface area contributed by atoms with E-state index in [4.69, 9.17) is 0 Å². The minimum Gasteiger partial charge on any atom is -0.348 e. The monoisotopic (exact) mass is 346 g/mol. The second-order valence-corrected chi connectivity index (χ2v) is 5.99. The average molecular weight is 347 g/mol. The highest BCUT2D eigenvalue weighted by molar-refractivity contribution is 9.10. The zero-order chi connectivity index (χ0) is 14.8. The maximum absolute atomic E-state index is 11.8. The number of hydrogen-bond donors (Lipinski definition) is 2. The molecule has 0 spiro atoms. The molecule has 2 N–H and O–H groups in total. The first kappa shape index (κ1) is 14.0. The van der Waals surface area contributed by atoms with Crippen molar-refractivity contribution in [2.45, 2.75) is 25.8 Å². The maximum Gasteiger partial charge on any atom is 0.272 e. The summed E-state index contributed by atoms with van der Waals surface area (Å²) in [5.41, 5.74) is 2.42. The highest BCUT2D eigenvalue weighted by atomic mass is 79.9. The summed E-state index contributed by atoms with van der Waals surface area (Å²) in [6.07, 6.45) is 2.11. The zero-order valence-electron chi connectivity index (χ0n) is 11.6. The summed E-state index contributed by atoms with van der Waals surface area (Å²) in [7, 11) is 0. The van der Waals surface area contributed by atoms with E-state index in [2.05, 4.69) is 36.8 Å². The number of nitrogens with zero attached hydrogens (tertiary/aromatic N) is 2. The van der Waals surface area contributed by atoms with Crippen molar-refractivity contribution in [1.82, 2.24) is 15.5 Å². The number of benzene rings is 1. The number of halogens is 1. The first-order chi connectivity index (χ1) is 10.1. The first-order valence-corrected chi connectivity index (χ1v) is 7.59. The predicted octanol–water partition coefficient (Wildman–Crippen LogP) is 3.18. The molecule has 2 aromatic rings. The van der Waals surface area contributed by atoms with Crippen LogP contribution in [0.25, 0.3) is 0 Å². The predicted molar refractivity (Wildman–Crippen MR) is 84.7 cm³/mol. The van der Waals surface area contributed by atoms with Crippen LogP contribution >= 0.6 is 15.9 Å². The number of nitrogens with one attached hydrogen (secondary N) is 2. The molecule has 0 radical (unpaired) electrons. The van der Waals surface area contributed by atoms with Gasteiger partial charge in [-0.05, 0) is 49.6 Å². The molecule has 21 heavy (non-hydrogen) atoms. The third-order valence-electron chi connectivity index (χ3n) is 3.25. The van der Waals surface area contributed by atoms with Gasteiger partial charge in [0.1, 0.15) is 0 Å². The summed E-state index contributed by atoms with van der Waals surface area (Å²) in [5.74, 6) is 0.448. The summed E-state index contributed by atoms with van der Waals surface area (Å²) in [5, 5.41) is 14.0. The molecule has 0 unspecified atom stereocenters. The molecule has 1 aliphatic rings. The van der Waals surface area contributed by atoms with Gasteiger partial charge in [-0.15, -0.1) is 10.2 Å². The van der Waals surface area contributed by atoms with E-state index in [9.17, 15) is 4.79 Å². The highest BCUT2D eigenvalue weighted by Crippen LogP contribution is 2.23. The van der Waals surface area contributed by atoms with Crippen LogP contribution in [0.4, 0.5) is 11.5 Å². The van der Waals surface area contributed by atoms with Crippen molar-refractivity contribution >= 4 is 33.3 Å². The molecule has 108 valence electrons. The van der Waals surface area contributed by atoms with Gasteiger partial charge in [-0.2, -0.15) is 0 Å². The van der Waals surface area contributed by atoms with Gasteiger partial charge in [-0.1, -0.05) is 22.0 Å². The molecule has 1 fully saturated rings. The molecular weight excluding hydrogens is 332 g/mol. The standard InChI is InChI=1S/C15H15BrN4O/c1-9-2-3-11(8-12(9)16)17-14-7-6-13(19-20-14)15(21)18-10-4-5-10/h2-3,6-8,10H,4-5H2,1H3,(H,17,20)(H,18,21). The van der Waals surface area contributed by atoms with E-state index < -0.39 is 0 Å². The van der Waals surface area contributed by atoms with E-state index in [0.29, 0.717) is 17.6 Å². The van der Waals surface area contributed by atoms with E-state index in [1.54, 1.807) is 12.1 Å². The molecule has 0 aliphatic heterocycles. The van der Waals surface area contributed by atoms with E-state index in [-0.39, 0.29) is 5.91 Å². The first-order valence-electron chi connectivity index (χ1n) is 6.79. The molecule has 5 nitrogen and oxygen atoms in total. The van der Waals surface area contributed by atoms with Gasteiger partial charge in [0.15, 0.2) is 11.5 Å². The Morgan fingerprint density at radius 1 is 1.24 bits per heavy atom. The second kappa shape index (κ2) is 5.81. The Morgan fingerprint density at radius 3 is 2.67 bits per heavy atom. The van der Waals surface area contributed by atoms with E-state index >= 15 is 0 Å². The van der Waals surface area contributed by atoms with Gasteiger partial charge >= 0.3 is 0 Å². The van der Waals surface area contributed by atoms with Gasteiger partial charge < -0.3 is 10.6 Å². The Hall–Kier alpha value is -1.95. The molecule has 6 heteroatoms. The normalized spacial score (nSPS) is 13.8. The summed E-state index contributed by atoms with van der Waals surface area (Å²) < 4.78 is 1.03. The average Bonchev–Trinajstić information content (AvgIpc) is 3.28.